The second-order valence-electron chi connectivity index (χ2n) is 3.56. The van der Waals surface area contributed by atoms with E-state index in [1.807, 2.05) is 0 Å². The molecule has 3 nitrogen and oxygen atoms in total. The number of aryl methyl sites for hydroxylation is 1. The van der Waals surface area contributed by atoms with Crippen molar-refractivity contribution in [2.75, 3.05) is 0 Å². The van der Waals surface area contributed by atoms with Gasteiger partial charge in [-0.25, -0.2) is 4.39 Å². The Bertz CT molecular complexity index is 510. The number of benzene rings is 1. The van der Waals surface area contributed by atoms with Crippen LogP contribution < -0.4 is 5.73 Å². The Morgan fingerprint density at radius 2 is 2.19 bits per heavy atom. The molecule has 2 rings (SSSR count). The van der Waals surface area contributed by atoms with E-state index in [1.165, 1.54) is 18.2 Å². The zero-order valence-electron chi connectivity index (χ0n) is 8.69. The summed E-state index contributed by atoms with van der Waals surface area (Å²) in [5.74, 6) is -0.356. The van der Waals surface area contributed by atoms with Crippen LogP contribution in [0.5, 0.6) is 0 Å². The third-order valence-corrected chi connectivity index (χ3v) is 2.69. The van der Waals surface area contributed by atoms with E-state index in [2.05, 4.69) is 5.10 Å². The fraction of sp³-hybridized carbons (Fsp3) is 0.182. The molecule has 2 N–H and O–H groups in total. The number of hydrogen-bond acceptors (Lipinski definition) is 2. The van der Waals surface area contributed by atoms with Crippen LogP contribution in [0.1, 0.15) is 17.3 Å². The smallest absolute Gasteiger partial charge is 0.123 e. The highest BCUT2D eigenvalue weighted by molar-refractivity contribution is 6.31. The second kappa shape index (κ2) is 4.23. The van der Waals surface area contributed by atoms with Crippen molar-refractivity contribution in [2.45, 2.75) is 6.04 Å². The van der Waals surface area contributed by atoms with Crippen molar-refractivity contribution in [3.63, 3.8) is 0 Å². The molecule has 1 aromatic heterocycles. The molecule has 0 bridgehead atoms. The van der Waals surface area contributed by atoms with E-state index in [0.29, 0.717) is 16.3 Å². The number of nitrogens with two attached hydrogens (primary N) is 1. The maximum atomic E-state index is 13.1. The lowest BCUT2D eigenvalue weighted by Crippen LogP contribution is -2.13. The molecule has 0 fully saturated rings. The molecule has 2 aromatic rings. The fourth-order valence-electron chi connectivity index (χ4n) is 1.51. The molecule has 0 aliphatic heterocycles. The maximum absolute atomic E-state index is 13.1. The van der Waals surface area contributed by atoms with Crippen LogP contribution in [0, 0.1) is 5.82 Å². The molecule has 5 heteroatoms. The lowest BCUT2D eigenvalue weighted by molar-refractivity contribution is 0.622. The first-order valence-electron chi connectivity index (χ1n) is 4.78. The summed E-state index contributed by atoms with van der Waals surface area (Å²) < 4.78 is 14.7. The summed E-state index contributed by atoms with van der Waals surface area (Å²) in [6.07, 6.45) is 1.78. The van der Waals surface area contributed by atoms with Crippen LogP contribution in [0.25, 0.3) is 0 Å². The molecule has 0 saturated heterocycles. The lowest BCUT2D eigenvalue weighted by atomic mass is 10.0. The standard InChI is InChI=1S/C11H11ClFN3/c1-16-5-4-10(15-16)11(14)8-6-7(13)2-3-9(8)12/h2-6,11H,14H2,1H3. The van der Waals surface area contributed by atoms with Crippen molar-refractivity contribution in [3.05, 3.63) is 52.6 Å². The molecule has 1 atom stereocenters. The molecule has 0 spiro atoms. The molecular formula is C11H11ClFN3. The summed E-state index contributed by atoms with van der Waals surface area (Å²) in [5.41, 5.74) is 7.18. The summed E-state index contributed by atoms with van der Waals surface area (Å²) in [4.78, 5) is 0. The van der Waals surface area contributed by atoms with Gasteiger partial charge in [-0.1, -0.05) is 11.6 Å². The molecule has 16 heavy (non-hydrogen) atoms. The van der Waals surface area contributed by atoms with E-state index in [1.54, 1.807) is 24.0 Å². The maximum Gasteiger partial charge on any atom is 0.123 e. The highest BCUT2D eigenvalue weighted by Crippen LogP contribution is 2.26. The number of halogens is 2. The van der Waals surface area contributed by atoms with Crippen LogP contribution in [-0.4, -0.2) is 9.78 Å². The number of hydrogen-bond donors (Lipinski definition) is 1. The number of rotatable bonds is 2. The highest BCUT2D eigenvalue weighted by Gasteiger charge is 2.15. The van der Waals surface area contributed by atoms with Crippen LogP contribution in [0.3, 0.4) is 0 Å². The summed E-state index contributed by atoms with van der Waals surface area (Å²) in [6.45, 7) is 0. The predicted molar refractivity (Wildman–Crippen MR) is 60.6 cm³/mol. The Kier molecular flexibility index (Phi) is 2.94. The molecule has 0 amide bonds. The Balaban J connectivity index is 2.40. The molecule has 0 aliphatic carbocycles. The van der Waals surface area contributed by atoms with Gasteiger partial charge >= 0.3 is 0 Å². The van der Waals surface area contributed by atoms with Crippen LogP contribution in [0.2, 0.25) is 5.02 Å². The lowest BCUT2D eigenvalue weighted by Gasteiger charge is -2.11. The van der Waals surface area contributed by atoms with E-state index >= 15 is 0 Å². The summed E-state index contributed by atoms with van der Waals surface area (Å²) in [5, 5.41) is 4.61. The van der Waals surface area contributed by atoms with E-state index in [-0.39, 0.29) is 5.82 Å². The molecule has 0 saturated carbocycles. The zero-order valence-corrected chi connectivity index (χ0v) is 9.45. The third kappa shape index (κ3) is 2.08. The molecule has 1 aromatic carbocycles. The average Bonchev–Trinajstić information content (AvgIpc) is 2.67. The molecule has 0 aliphatic rings. The van der Waals surface area contributed by atoms with Crippen molar-refractivity contribution >= 4 is 11.6 Å². The van der Waals surface area contributed by atoms with Crippen molar-refractivity contribution < 1.29 is 4.39 Å². The van der Waals surface area contributed by atoms with Crippen LogP contribution in [0.15, 0.2) is 30.5 Å². The first-order valence-corrected chi connectivity index (χ1v) is 5.16. The third-order valence-electron chi connectivity index (χ3n) is 2.35. The van der Waals surface area contributed by atoms with Gasteiger partial charge in [0, 0.05) is 18.3 Å². The normalized spacial score (nSPS) is 12.8. The van der Waals surface area contributed by atoms with E-state index in [0.717, 1.165) is 0 Å². The van der Waals surface area contributed by atoms with Gasteiger partial charge in [-0.2, -0.15) is 5.10 Å². The monoisotopic (exact) mass is 239 g/mol. The second-order valence-corrected chi connectivity index (χ2v) is 3.96. The highest BCUT2D eigenvalue weighted by atomic mass is 35.5. The molecule has 84 valence electrons. The fourth-order valence-corrected chi connectivity index (χ4v) is 1.75. The van der Waals surface area contributed by atoms with Gasteiger partial charge in [0.05, 0.1) is 11.7 Å². The summed E-state index contributed by atoms with van der Waals surface area (Å²) in [6, 6.07) is 5.41. The van der Waals surface area contributed by atoms with Gasteiger partial charge in [-0.3, -0.25) is 4.68 Å². The Morgan fingerprint density at radius 1 is 1.44 bits per heavy atom. The molecule has 1 heterocycles. The topological polar surface area (TPSA) is 43.8 Å². The quantitative estimate of drug-likeness (QED) is 0.874. The first kappa shape index (κ1) is 11.1. The Morgan fingerprint density at radius 3 is 2.81 bits per heavy atom. The number of nitrogens with zero attached hydrogens (tertiary/aromatic N) is 2. The summed E-state index contributed by atoms with van der Waals surface area (Å²) >= 11 is 5.97. The van der Waals surface area contributed by atoms with Crippen molar-refractivity contribution in [2.24, 2.45) is 12.8 Å². The summed E-state index contributed by atoms with van der Waals surface area (Å²) in [7, 11) is 1.80. The molecular weight excluding hydrogens is 229 g/mol. The Labute approximate surface area is 97.6 Å². The van der Waals surface area contributed by atoms with Crippen molar-refractivity contribution in [1.29, 1.82) is 0 Å². The van der Waals surface area contributed by atoms with E-state index in [9.17, 15) is 4.39 Å². The van der Waals surface area contributed by atoms with Crippen LogP contribution in [0.4, 0.5) is 4.39 Å². The predicted octanol–water partition coefficient (Wildman–Crippen LogP) is 2.26. The van der Waals surface area contributed by atoms with Gasteiger partial charge in [0.25, 0.3) is 0 Å². The van der Waals surface area contributed by atoms with Crippen LogP contribution in [-0.2, 0) is 7.05 Å². The SMILES string of the molecule is Cn1ccc(C(N)c2cc(F)ccc2Cl)n1. The van der Waals surface area contributed by atoms with Crippen molar-refractivity contribution in [3.8, 4) is 0 Å². The Hall–Kier alpha value is -1.39. The zero-order chi connectivity index (χ0) is 11.7. The minimum atomic E-state index is -0.510. The molecule has 1 unspecified atom stereocenters. The average molecular weight is 240 g/mol. The van der Waals surface area contributed by atoms with Gasteiger partial charge < -0.3 is 5.73 Å². The van der Waals surface area contributed by atoms with Gasteiger partial charge in [-0.05, 0) is 29.8 Å². The van der Waals surface area contributed by atoms with Gasteiger partial charge in [0.2, 0.25) is 0 Å². The van der Waals surface area contributed by atoms with Crippen LogP contribution >= 0.6 is 11.6 Å². The largest absolute Gasteiger partial charge is 0.319 e. The minimum absolute atomic E-state index is 0.356. The van der Waals surface area contributed by atoms with Gasteiger partial charge in [-0.15, -0.1) is 0 Å². The van der Waals surface area contributed by atoms with Crippen molar-refractivity contribution in [1.82, 2.24) is 9.78 Å². The van der Waals surface area contributed by atoms with E-state index < -0.39 is 6.04 Å². The molecule has 0 radical (unpaired) electrons. The van der Waals surface area contributed by atoms with E-state index in [4.69, 9.17) is 17.3 Å². The van der Waals surface area contributed by atoms with Gasteiger partial charge in [0.15, 0.2) is 0 Å². The first-order chi connectivity index (χ1) is 7.58. The van der Waals surface area contributed by atoms with Gasteiger partial charge in [0.1, 0.15) is 5.82 Å². The number of aromatic nitrogens is 2. The minimum Gasteiger partial charge on any atom is -0.319 e.